The van der Waals surface area contributed by atoms with Crippen molar-refractivity contribution < 1.29 is 14.2 Å². The lowest BCUT2D eigenvalue weighted by atomic mass is 10.1. The number of benzene rings is 1. The van der Waals surface area contributed by atoms with Gasteiger partial charge in [0, 0.05) is 18.8 Å². The maximum Gasteiger partial charge on any atom is 0.240 e. The molecule has 1 aliphatic rings. The average Bonchev–Trinajstić information content (AvgIpc) is 2.77. The minimum absolute atomic E-state index is 0.200. The van der Waals surface area contributed by atoms with E-state index < -0.39 is 16.0 Å². The molecule has 0 fully saturated rings. The summed E-state index contributed by atoms with van der Waals surface area (Å²) >= 11 is 0. The number of aromatic hydroxyl groups is 1. The van der Waals surface area contributed by atoms with E-state index >= 15 is 0 Å². The van der Waals surface area contributed by atoms with Crippen molar-refractivity contribution in [1.29, 1.82) is 0 Å². The number of hydrogen-bond acceptors (Lipinski definition) is 5. The lowest BCUT2D eigenvalue weighted by Gasteiger charge is -2.34. The van der Waals surface area contributed by atoms with Gasteiger partial charge in [-0.3, -0.25) is 0 Å². The van der Waals surface area contributed by atoms with Gasteiger partial charge >= 0.3 is 0 Å². The van der Waals surface area contributed by atoms with Crippen LogP contribution in [0.3, 0.4) is 0 Å². The third-order valence-electron chi connectivity index (χ3n) is 4.30. The Kier molecular flexibility index (Phi) is 14.8. The molecule has 184 valence electrons. The second kappa shape index (κ2) is 15.8. The van der Waals surface area contributed by atoms with E-state index in [9.17, 15) is 9.50 Å². The fourth-order valence-corrected chi connectivity index (χ4v) is 3.37. The molecule has 0 atom stereocenters. The van der Waals surface area contributed by atoms with Crippen molar-refractivity contribution in [2.45, 2.75) is 47.6 Å². The van der Waals surface area contributed by atoms with Crippen molar-refractivity contribution in [3.63, 3.8) is 0 Å². The summed E-state index contributed by atoms with van der Waals surface area (Å²) in [7, 11) is -0.655. The van der Waals surface area contributed by atoms with Crippen molar-refractivity contribution in [2.24, 2.45) is 4.99 Å². The van der Waals surface area contributed by atoms with Crippen LogP contribution in [0, 0.1) is 0 Å². The number of rotatable bonds is 10. The number of aliphatic imine (C=N–C) groups is 1. The Morgan fingerprint density at radius 2 is 1.72 bits per heavy atom. The van der Waals surface area contributed by atoms with Gasteiger partial charge in [-0.05, 0) is 42.9 Å². The summed E-state index contributed by atoms with van der Waals surface area (Å²) < 4.78 is 20.6. The summed E-state index contributed by atoms with van der Waals surface area (Å²) in [6, 6.07) is 6.89. The summed E-state index contributed by atoms with van der Waals surface area (Å²) in [6.07, 6.45) is 9.13. The van der Waals surface area contributed by atoms with Crippen LogP contribution in [0.5, 0.6) is 5.75 Å². The van der Waals surface area contributed by atoms with Crippen LogP contribution in [0.25, 0.3) is 0 Å². The van der Waals surface area contributed by atoms with E-state index in [2.05, 4.69) is 37.3 Å². The topological polar surface area (TPSA) is 48.3 Å². The summed E-state index contributed by atoms with van der Waals surface area (Å²) in [4.78, 5) is 7.61. The van der Waals surface area contributed by atoms with Gasteiger partial charge in [-0.15, -0.1) is 0 Å². The molecule has 2 rings (SSSR count). The van der Waals surface area contributed by atoms with Crippen LogP contribution in [0.2, 0.25) is 0 Å². The second-order valence-corrected chi connectivity index (χ2v) is 12.3. The molecule has 0 aliphatic carbocycles. The van der Waals surface area contributed by atoms with Gasteiger partial charge in [0.05, 0.1) is 18.6 Å². The van der Waals surface area contributed by atoms with Gasteiger partial charge in [-0.2, -0.15) is 4.39 Å². The van der Waals surface area contributed by atoms with Crippen LogP contribution in [0.15, 0.2) is 53.2 Å². The Labute approximate surface area is 197 Å². The van der Waals surface area contributed by atoms with E-state index in [1.54, 1.807) is 12.1 Å². The summed E-state index contributed by atoms with van der Waals surface area (Å²) in [5, 5.41) is 9.52. The van der Waals surface area contributed by atoms with Gasteiger partial charge in [-0.25, -0.2) is 15.0 Å². The van der Waals surface area contributed by atoms with Crippen LogP contribution in [0.4, 0.5) is 4.39 Å². The number of phenolic OH excluding ortho intramolecular Hbond substituents is 1. The Bertz CT molecular complexity index is 728. The van der Waals surface area contributed by atoms with Crippen LogP contribution in [-0.4, -0.2) is 65.6 Å². The normalized spacial score (nSPS) is 13.8. The molecule has 7 heteroatoms. The predicted molar refractivity (Wildman–Crippen MR) is 140 cm³/mol. The summed E-state index contributed by atoms with van der Waals surface area (Å²) in [5.74, 6) is 0.634. The predicted octanol–water partition coefficient (Wildman–Crippen LogP) is 6.32. The molecule has 32 heavy (non-hydrogen) atoms. The quantitative estimate of drug-likeness (QED) is 0.247. The highest BCUT2D eigenvalue weighted by molar-refractivity contribution is 8.32. The zero-order chi connectivity index (χ0) is 24.7. The maximum atomic E-state index is 14.7. The zero-order valence-electron chi connectivity index (χ0n) is 21.3. The fraction of sp³-hybridized carbons (Fsp3) is 0.560. The molecular weight excluding hydrogens is 425 g/mol. The highest BCUT2D eigenvalue weighted by Gasteiger charge is 2.25. The van der Waals surface area contributed by atoms with Gasteiger partial charge in [0.2, 0.25) is 5.95 Å². The zero-order valence-corrected chi connectivity index (χ0v) is 22.1. The number of nitrogens with zero attached hydrogens (tertiary/aromatic N) is 3. The third-order valence-corrected chi connectivity index (χ3v) is 5.70. The van der Waals surface area contributed by atoms with Crippen molar-refractivity contribution in [2.75, 3.05) is 44.4 Å². The molecule has 1 heterocycles. The first-order chi connectivity index (χ1) is 15.2. The minimum Gasteiger partial charge on any atom is -0.508 e. The van der Waals surface area contributed by atoms with Gasteiger partial charge in [0.25, 0.3) is 0 Å². The summed E-state index contributed by atoms with van der Waals surface area (Å²) in [6.45, 7) is 16.2. The van der Waals surface area contributed by atoms with Crippen molar-refractivity contribution in [1.82, 2.24) is 9.80 Å². The van der Waals surface area contributed by atoms with Crippen LogP contribution < -0.4 is 0 Å². The van der Waals surface area contributed by atoms with E-state index in [1.807, 2.05) is 49.6 Å². The largest absolute Gasteiger partial charge is 0.508 e. The van der Waals surface area contributed by atoms with Crippen LogP contribution in [0.1, 0.15) is 46.6 Å². The minimum atomic E-state index is -0.655. The Morgan fingerprint density at radius 1 is 1.12 bits per heavy atom. The number of halogens is 1. The first-order valence-corrected chi connectivity index (χ1v) is 14.4. The fourth-order valence-electron chi connectivity index (χ4n) is 2.75. The molecule has 0 bridgehead atoms. The van der Waals surface area contributed by atoms with E-state index in [0.717, 1.165) is 24.3 Å². The van der Waals surface area contributed by atoms with E-state index in [1.165, 1.54) is 6.34 Å². The van der Waals surface area contributed by atoms with Gasteiger partial charge in [0.15, 0.2) is 0 Å². The Morgan fingerprint density at radius 3 is 2.25 bits per heavy atom. The maximum absolute atomic E-state index is 14.7. The Balaban J connectivity index is 0.00000227. The van der Waals surface area contributed by atoms with E-state index in [-0.39, 0.29) is 12.5 Å². The standard InChI is InChI=1S/C21H32FN3O2S.2C2H6/c1-6-11-24-15-23-21(22)20(17(24)2)25(16-27-12-13-28(3,4)5)14-18-7-9-19(26)10-8-18;2*1-2/h7-10,15,26H,2,6,11-14,16H2,1,3-5H3;2*1-2H3. The average molecular weight is 470 g/mol. The molecule has 0 unspecified atom stereocenters. The lowest BCUT2D eigenvalue weighted by Crippen LogP contribution is -2.35. The van der Waals surface area contributed by atoms with Gasteiger partial charge in [0.1, 0.15) is 18.2 Å². The number of ether oxygens (including phenoxy) is 1. The first kappa shape index (κ1) is 30.0. The lowest BCUT2D eigenvalue weighted by molar-refractivity contribution is 0.0503. The highest BCUT2D eigenvalue weighted by atomic mass is 32.3. The molecule has 0 aromatic heterocycles. The first-order valence-electron chi connectivity index (χ1n) is 11.4. The molecule has 0 saturated carbocycles. The SMILES string of the molecule is C=C1C(N(COCCS(C)(C)C)Cc2ccc(O)cc2)=C(F)N=CN1CCC.CC.CC. The van der Waals surface area contributed by atoms with Crippen molar-refractivity contribution in [3.05, 3.63) is 53.8 Å². The van der Waals surface area contributed by atoms with Crippen LogP contribution >= 0.6 is 10.0 Å². The number of hydrogen-bond donors (Lipinski definition) is 1. The molecule has 5 nitrogen and oxygen atoms in total. The highest BCUT2D eigenvalue weighted by Crippen LogP contribution is 2.34. The third kappa shape index (κ3) is 10.6. The van der Waals surface area contributed by atoms with Crippen molar-refractivity contribution in [3.8, 4) is 5.75 Å². The molecule has 0 amide bonds. The molecule has 1 aromatic carbocycles. The molecule has 0 radical (unpaired) electrons. The molecule has 1 aliphatic heterocycles. The Hall–Kier alpha value is -1.99. The van der Waals surface area contributed by atoms with Crippen LogP contribution in [-0.2, 0) is 11.3 Å². The van der Waals surface area contributed by atoms with Gasteiger partial charge in [-0.1, -0.05) is 53.3 Å². The molecule has 1 N–H and O–H groups in total. The smallest absolute Gasteiger partial charge is 0.240 e. The van der Waals surface area contributed by atoms with Gasteiger partial charge < -0.3 is 19.6 Å². The number of phenols is 1. The van der Waals surface area contributed by atoms with Crippen molar-refractivity contribution >= 4 is 16.4 Å². The summed E-state index contributed by atoms with van der Waals surface area (Å²) in [5.41, 5.74) is 1.87. The molecule has 0 spiro atoms. The molecular formula is C25H44FN3O2S. The monoisotopic (exact) mass is 469 g/mol. The molecule has 0 saturated heterocycles. The van der Waals surface area contributed by atoms with E-state index in [0.29, 0.717) is 24.5 Å². The molecule has 1 aromatic rings. The second-order valence-electron chi connectivity index (χ2n) is 7.72. The van der Waals surface area contributed by atoms with E-state index in [4.69, 9.17) is 4.74 Å².